The van der Waals surface area contributed by atoms with Crippen LogP contribution < -0.4 is 4.18 Å². The van der Waals surface area contributed by atoms with Gasteiger partial charge in [0.2, 0.25) is 5.82 Å². The van der Waals surface area contributed by atoms with Gasteiger partial charge < -0.3 is 4.18 Å². The Morgan fingerprint density at radius 2 is 2.00 bits per heavy atom. The van der Waals surface area contributed by atoms with E-state index >= 15 is 0 Å². The van der Waals surface area contributed by atoms with Crippen molar-refractivity contribution in [2.45, 2.75) is 0 Å². The molecule has 0 bridgehead atoms. The topological polar surface area (TPSA) is 43.4 Å². The Morgan fingerprint density at radius 3 is 2.54 bits per heavy atom. The summed E-state index contributed by atoms with van der Waals surface area (Å²) in [6.45, 7) is 0. The van der Waals surface area contributed by atoms with Crippen LogP contribution >= 0.6 is 0 Å². The highest BCUT2D eigenvalue weighted by molar-refractivity contribution is 7.86. The number of halogens is 2. The van der Waals surface area contributed by atoms with Crippen LogP contribution in [0, 0.1) is 17.7 Å². The Morgan fingerprint density at radius 1 is 1.38 bits per heavy atom. The van der Waals surface area contributed by atoms with E-state index in [2.05, 4.69) is 10.2 Å². The van der Waals surface area contributed by atoms with E-state index in [1.54, 1.807) is 0 Å². The van der Waals surface area contributed by atoms with Gasteiger partial charge in [0.25, 0.3) is 0 Å². The van der Waals surface area contributed by atoms with Crippen molar-refractivity contribution in [2.24, 2.45) is 0 Å². The molecular formula is C7H5F2O3S. The van der Waals surface area contributed by atoms with Crippen LogP contribution in [0.5, 0.6) is 5.75 Å². The molecule has 1 aromatic rings. The van der Waals surface area contributed by atoms with Crippen LogP contribution in [0.2, 0.25) is 0 Å². The zero-order chi connectivity index (χ0) is 10.1. The normalized spacial score (nSPS) is 11.3. The average molecular weight is 207 g/mol. The molecule has 6 heteroatoms. The summed E-state index contributed by atoms with van der Waals surface area (Å²) in [6.07, 6.45) is 0.733. The standard InChI is InChI=1S/C7H5F2O3S/c1-13(10,11)12-6-4-2-3-5(8)7(6)9/h3-4H,1H3. The Kier molecular flexibility index (Phi) is 2.51. The van der Waals surface area contributed by atoms with Gasteiger partial charge in [-0.3, -0.25) is 0 Å². The van der Waals surface area contributed by atoms with Crippen LogP contribution in [0.4, 0.5) is 8.78 Å². The maximum absolute atomic E-state index is 12.7. The van der Waals surface area contributed by atoms with E-state index in [0.717, 1.165) is 18.4 Å². The monoisotopic (exact) mass is 207 g/mol. The molecule has 0 saturated heterocycles. The highest BCUT2D eigenvalue weighted by Gasteiger charge is 2.13. The minimum atomic E-state index is -3.84. The Labute approximate surface area is 74.1 Å². The second-order valence-corrected chi connectivity index (χ2v) is 3.84. The molecule has 0 unspecified atom stereocenters. The fraction of sp³-hybridized carbons (Fsp3) is 0.143. The molecule has 0 aliphatic heterocycles. The van der Waals surface area contributed by atoms with Crippen LogP contribution in [0.15, 0.2) is 12.1 Å². The molecular weight excluding hydrogens is 202 g/mol. The van der Waals surface area contributed by atoms with E-state index in [9.17, 15) is 17.2 Å². The zero-order valence-electron chi connectivity index (χ0n) is 6.54. The van der Waals surface area contributed by atoms with E-state index in [1.807, 2.05) is 0 Å². The summed E-state index contributed by atoms with van der Waals surface area (Å²) in [5.74, 6) is -3.24. The number of rotatable bonds is 2. The first-order chi connectivity index (χ1) is 5.90. The molecule has 0 aliphatic rings. The molecule has 0 heterocycles. The lowest BCUT2D eigenvalue weighted by Gasteiger charge is -2.03. The van der Waals surface area contributed by atoms with Crippen LogP contribution in [0.25, 0.3) is 0 Å². The van der Waals surface area contributed by atoms with Crippen molar-refractivity contribution in [3.05, 3.63) is 29.8 Å². The Bertz CT molecular complexity index is 414. The second-order valence-electron chi connectivity index (χ2n) is 2.27. The van der Waals surface area contributed by atoms with Crippen molar-refractivity contribution in [2.75, 3.05) is 6.26 Å². The van der Waals surface area contributed by atoms with Crippen LogP contribution in [0.3, 0.4) is 0 Å². The van der Waals surface area contributed by atoms with Crippen molar-refractivity contribution in [1.29, 1.82) is 0 Å². The van der Waals surface area contributed by atoms with Crippen molar-refractivity contribution in [3.63, 3.8) is 0 Å². The van der Waals surface area contributed by atoms with Crippen molar-refractivity contribution in [1.82, 2.24) is 0 Å². The second kappa shape index (κ2) is 3.29. The molecule has 71 valence electrons. The van der Waals surface area contributed by atoms with E-state index in [0.29, 0.717) is 0 Å². The van der Waals surface area contributed by atoms with Gasteiger partial charge in [-0.1, -0.05) is 0 Å². The molecule has 0 spiro atoms. The molecule has 1 rings (SSSR count). The third-order valence-electron chi connectivity index (χ3n) is 1.09. The molecule has 0 saturated carbocycles. The predicted molar refractivity (Wildman–Crippen MR) is 40.7 cm³/mol. The lowest BCUT2D eigenvalue weighted by Crippen LogP contribution is -2.07. The highest BCUT2D eigenvalue weighted by Crippen LogP contribution is 2.19. The fourth-order valence-corrected chi connectivity index (χ4v) is 1.11. The van der Waals surface area contributed by atoms with Crippen molar-refractivity contribution in [3.8, 4) is 5.75 Å². The predicted octanol–water partition coefficient (Wildman–Crippen LogP) is 1.10. The molecule has 13 heavy (non-hydrogen) atoms. The summed E-state index contributed by atoms with van der Waals surface area (Å²) < 4.78 is 50.4. The summed E-state index contributed by atoms with van der Waals surface area (Å²) >= 11 is 0. The van der Waals surface area contributed by atoms with E-state index in [1.165, 1.54) is 0 Å². The quantitative estimate of drug-likeness (QED) is 0.682. The first kappa shape index (κ1) is 9.91. The lowest BCUT2D eigenvalue weighted by molar-refractivity contribution is 0.440. The smallest absolute Gasteiger partial charge is 0.306 e. The maximum Gasteiger partial charge on any atom is 0.306 e. The van der Waals surface area contributed by atoms with Gasteiger partial charge in [-0.05, 0) is 18.2 Å². The first-order valence-corrected chi connectivity index (χ1v) is 4.96. The molecule has 1 aromatic carbocycles. The molecule has 3 nitrogen and oxygen atoms in total. The van der Waals surface area contributed by atoms with Gasteiger partial charge in [0.15, 0.2) is 11.6 Å². The minimum absolute atomic E-state index is 0.692. The first-order valence-electron chi connectivity index (χ1n) is 3.15. The highest BCUT2D eigenvalue weighted by atomic mass is 32.2. The van der Waals surface area contributed by atoms with Gasteiger partial charge in [0.1, 0.15) is 0 Å². The maximum atomic E-state index is 12.7. The SMILES string of the molecule is CS(=O)(=O)Oc1c[c]cc(F)c1F. The Balaban J connectivity index is 3.10. The van der Waals surface area contributed by atoms with Gasteiger partial charge in [-0.2, -0.15) is 12.8 Å². The number of hydrogen-bond donors (Lipinski definition) is 0. The summed E-state index contributed by atoms with van der Waals surface area (Å²) in [6, 6.07) is 3.83. The van der Waals surface area contributed by atoms with E-state index < -0.39 is 27.5 Å². The van der Waals surface area contributed by atoms with Crippen LogP contribution in [0.1, 0.15) is 0 Å². The lowest BCUT2D eigenvalue weighted by atomic mass is 10.3. The molecule has 0 aromatic heterocycles. The molecule has 0 atom stereocenters. The number of hydrogen-bond acceptors (Lipinski definition) is 3. The summed E-state index contributed by atoms with van der Waals surface area (Å²) in [5, 5.41) is 0. The van der Waals surface area contributed by atoms with Crippen molar-refractivity contribution < 1.29 is 21.4 Å². The zero-order valence-corrected chi connectivity index (χ0v) is 7.36. The van der Waals surface area contributed by atoms with Crippen LogP contribution in [-0.2, 0) is 10.1 Å². The molecule has 1 radical (unpaired) electrons. The van der Waals surface area contributed by atoms with Gasteiger partial charge >= 0.3 is 10.1 Å². The van der Waals surface area contributed by atoms with E-state index in [4.69, 9.17) is 0 Å². The van der Waals surface area contributed by atoms with E-state index in [-0.39, 0.29) is 0 Å². The molecule has 0 N–H and O–H groups in total. The molecule has 0 fully saturated rings. The molecule has 0 aliphatic carbocycles. The van der Waals surface area contributed by atoms with Crippen molar-refractivity contribution >= 4 is 10.1 Å². The van der Waals surface area contributed by atoms with Gasteiger partial charge in [-0.15, -0.1) is 0 Å². The minimum Gasteiger partial charge on any atom is -0.379 e. The largest absolute Gasteiger partial charge is 0.379 e. The Hall–Kier alpha value is -1.17. The summed E-state index contributed by atoms with van der Waals surface area (Å²) in [4.78, 5) is 0. The van der Waals surface area contributed by atoms with Crippen LogP contribution in [-0.4, -0.2) is 14.7 Å². The third-order valence-corrected chi connectivity index (χ3v) is 1.57. The molecule has 0 amide bonds. The third kappa shape index (κ3) is 2.66. The average Bonchev–Trinajstić information content (AvgIpc) is 1.96. The van der Waals surface area contributed by atoms with Gasteiger partial charge in [0, 0.05) is 0 Å². The number of benzene rings is 1. The van der Waals surface area contributed by atoms with Gasteiger partial charge in [-0.25, -0.2) is 4.39 Å². The fourth-order valence-electron chi connectivity index (χ4n) is 0.659. The summed E-state index contributed by atoms with van der Waals surface area (Å²) in [5.41, 5.74) is 0. The summed E-state index contributed by atoms with van der Waals surface area (Å²) in [7, 11) is -3.84. The van der Waals surface area contributed by atoms with Gasteiger partial charge in [0.05, 0.1) is 6.26 Å².